The first-order valence-corrected chi connectivity index (χ1v) is 13.7. The zero-order valence-electron chi connectivity index (χ0n) is 21.6. The van der Waals surface area contributed by atoms with Crippen molar-refractivity contribution in [3.8, 4) is 16.9 Å². The number of aromatic amines is 1. The van der Waals surface area contributed by atoms with Crippen LogP contribution in [0.5, 0.6) is 0 Å². The van der Waals surface area contributed by atoms with E-state index in [1.807, 2.05) is 19.9 Å². The summed E-state index contributed by atoms with van der Waals surface area (Å²) in [7, 11) is -3.38. The SMILES string of the molecule is Cc1cc(-c2cc(C(=O)NCc3ccc(S(C)(=O)=O)cc3)c(=O)n(-c3cccc(C(F)(F)F)c3)c2C)[nH]c1C. The number of benzene rings is 2. The number of H-pyrrole nitrogens is 1. The number of aromatic nitrogens is 2. The molecule has 39 heavy (non-hydrogen) atoms. The molecule has 2 aromatic heterocycles. The Morgan fingerprint density at radius 3 is 2.23 bits per heavy atom. The van der Waals surface area contributed by atoms with Crippen LogP contribution >= 0.6 is 0 Å². The van der Waals surface area contributed by atoms with E-state index in [0.29, 0.717) is 22.5 Å². The van der Waals surface area contributed by atoms with E-state index in [1.165, 1.54) is 30.3 Å². The van der Waals surface area contributed by atoms with Crippen molar-refractivity contribution in [2.24, 2.45) is 0 Å². The first-order valence-electron chi connectivity index (χ1n) is 11.8. The number of hydrogen-bond donors (Lipinski definition) is 2. The molecule has 204 valence electrons. The second-order valence-corrected chi connectivity index (χ2v) is 11.4. The van der Waals surface area contributed by atoms with Crippen LogP contribution in [0.15, 0.2) is 70.4 Å². The van der Waals surface area contributed by atoms with Crippen LogP contribution in [0.1, 0.15) is 38.4 Å². The topological polar surface area (TPSA) is 101 Å². The maximum absolute atomic E-state index is 13.6. The Bertz CT molecular complexity index is 1720. The maximum Gasteiger partial charge on any atom is 0.416 e. The normalized spacial score (nSPS) is 12.0. The molecular weight excluding hydrogens is 531 g/mol. The number of nitrogens with one attached hydrogen (secondary N) is 2. The maximum atomic E-state index is 13.6. The van der Waals surface area contributed by atoms with E-state index in [-0.39, 0.29) is 22.7 Å². The minimum atomic E-state index is -4.62. The van der Waals surface area contributed by atoms with E-state index >= 15 is 0 Å². The van der Waals surface area contributed by atoms with Gasteiger partial charge in [-0.2, -0.15) is 13.2 Å². The first-order chi connectivity index (χ1) is 18.2. The highest BCUT2D eigenvalue weighted by atomic mass is 32.2. The Morgan fingerprint density at radius 2 is 1.67 bits per heavy atom. The fraction of sp³-hybridized carbons (Fsp3) is 0.214. The molecule has 11 heteroatoms. The third-order valence-electron chi connectivity index (χ3n) is 6.49. The number of rotatable bonds is 6. The third-order valence-corrected chi connectivity index (χ3v) is 7.62. The smallest absolute Gasteiger partial charge is 0.358 e. The quantitative estimate of drug-likeness (QED) is 0.344. The minimum absolute atomic E-state index is 0.00416. The number of alkyl halides is 3. The van der Waals surface area contributed by atoms with E-state index in [0.717, 1.165) is 34.2 Å². The highest BCUT2D eigenvalue weighted by molar-refractivity contribution is 7.90. The van der Waals surface area contributed by atoms with Crippen LogP contribution in [0.3, 0.4) is 0 Å². The van der Waals surface area contributed by atoms with Gasteiger partial charge in [0.25, 0.3) is 11.5 Å². The van der Waals surface area contributed by atoms with Crippen LogP contribution in [0.2, 0.25) is 0 Å². The molecular formula is C28H26F3N3O4S. The molecule has 4 aromatic rings. The van der Waals surface area contributed by atoms with Gasteiger partial charge in [0, 0.05) is 41.1 Å². The number of carbonyl (C=O) groups excluding carboxylic acids is 1. The number of hydrogen-bond acceptors (Lipinski definition) is 4. The number of nitrogens with zero attached hydrogens (tertiary/aromatic N) is 1. The summed E-state index contributed by atoms with van der Waals surface area (Å²) in [5.41, 5.74) is 1.84. The summed E-state index contributed by atoms with van der Waals surface area (Å²) in [4.78, 5) is 30.1. The van der Waals surface area contributed by atoms with E-state index in [1.54, 1.807) is 19.1 Å². The summed E-state index contributed by atoms with van der Waals surface area (Å²) in [6.45, 7) is 5.35. The van der Waals surface area contributed by atoms with Gasteiger partial charge in [0.05, 0.1) is 10.5 Å². The standard InChI is InChI=1S/C28H26F3N3O4S/c1-16-12-25(33-17(16)2)23-14-24(26(35)32-15-19-8-10-22(11-9-19)39(4,37)38)27(36)34(18(23)3)21-7-5-6-20(13-21)28(29,30)31/h5-14,33H,15H2,1-4H3,(H,32,35). The highest BCUT2D eigenvalue weighted by Gasteiger charge is 2.31. The lowest BCUT2D eigenvalue weighted by atomic mass is 10.0. The molecule has 4 rings (SSSR count). The number of aryl methyl sites for hydroxylation is 2. The van der Waals surface area contributed by atoms with Crippen LogP contribution in [0, 0.1) is 20.8 Å². The molecule has 0 fully saturated rings. The van der Waals surface area contributed by atoms with E-state index in [2.05, 4.69) is 10.3 Å². The Balaban J connectivity index is 1.80. The van der Waals surface area contributed by atoms with E-state index < -0.39 is 33.0 Å². The molecule has 0 atom stereocenters. The molecule has 0 bridgehead atoms. The molecule has 2 aromatic carbocycles. The highest BCUT2D eigenvalue weighted by Crippen LogP contribution is 2.31. The fourth-order valence-electron chi connectivity index (χ4n) is 4.21. The molecule has 0 aliphatic heterocycles. The zero-order chi connectivity index (χ0) is 28.7. The summed E-state index contributed by atoms with van der Waals surface area (Å²) < 4.78 is 64.8. The van der Waals surface area contributed by atoms with Gasteiger partial charge >= 0.3 is 6.18 Å². The average molecular weight is 558 g/mol. The van der Waals surface area contributed by atoms with Gasteiger partial charge in [-0.15, -0.1) is 0 Å². The molecule has 0 unspecified atom stereocenters. The summed E-state index contributed by atoms with van der Waals surface area (Å²) in [6.07, 6.45) is -3.53. The Labute approximate surface area is 223 Å². The number of halogens is 3. The van der Waals surface area contributed by atoms with Crippen molar-refractivity contribution < 1.29 is 26.4 Å². The van der Waals surface area contributed by atoms with Gasteiger partial charge in [-0.1, -0.05) is 18.2 Å². The molecule has 0 saturated carbocycles. The first kappa shape index (κ1) is 27.9. The lowest BCUT2D eigenvalue weighted by Gasteiger charge is -2.17. The Kier molecular flexibility index (Phi) is 7.31. The lowest BCUT2D eigenvalue weighted by molar-refractivity contribution is -0.137. The van der Waals surface area contributed by atoms with Crippen molar-refractivity contribution in [1.82, 2.24) is 14.9 Å². The molecule has 2 N–H and O–H groups in total. The van der Waals surface area contributed by atoms with Gasteiger partial charge in [-0.25, -0.2) is 8.42 Å². The number of pyridine rings is 1. The fourth-order valence-corrected chi connectivity index (χ4v) is 4.84. The molecule has 0 radical (unpaired) electrons. The monoisotopic (exact) mass is 557 g/mol. The van der Waals surface area contributed by atoms with Gasteiger partial charge in [0.1, 0.15) is 5.56 Å². The van der Waals surface area contributed by atoms with Crippen LogP contribution in [-0.2, 0) is 22.6 Å². The second-order valence-electron chi connectivity index (χ2n) is 9.34. The summed E-state index contributed by atoms with van der Waals surface area (Å²) in [5.74, 6) is -0.728. The van der Waals surface area contributed by atoms with Crippen molar-refractivity contribution in [3.05, 3.63) is 105 Å². The van der Waals surface area contributed by atoms with Crippen molar-refractivity contribution in [1.29, 1.82) is 0 Å². The largest absolute Gasteiger partial charge is 0.416 e. The second kappa shape index (κ2) is 10.2. The van der Waals surface area contributed by atoms with Crippen molar-refractivity contribution >= 4 is 15.7 Å². The number of carbonyl (C=O) groups is 1. The molecule has 0 spiro atoms. The van der Waals surface area contributed by atoms with Gasteiger partial charge in [0.2, 0.25) is 0 Å². The Hall–Kier alpha value is -4.12. The molecule has 0 aliphatic rings. The summed E-state index contributed by atoms with van der Waals surface area (Å²) in [6, 6.07) is 13.5. The molecule has 2 heterocycles. The molecule has 0 aliphatic carbocycles. The van der Waals surface area contributed by atoms with Crippen molar-refractivity contribution in [2.45, 2.75) is 38.4 Å². The molecule has 1 amide bonds. The van der Waals surface area contributed by atoms with Gasteiger partial charge < -0.3 is 10.3 Å². The van der Waals surface area contributed by atoms with Crippen LogP contribution in [-0.4, -0.2) is 30.1 Å². The third kappa shape index (κ3) is 5.83. The number of amides is 1. The summed E-state index contributed by atoms with van der Waals surface area (Å²) >= 11 is 0. The average Bonchev–Trinajstić information content (AvgIpc) is 3.19. The van der Waals surface area contributed by atoms with Crippen LogP contribution < -0.4 is 10.9 Å². The summed E-state index contributed by atoms with van der Waals surface area (Å²) in [5, 5.41) is 2.65. The number of sulfone groups is 1. The molecule has 7 nitrogen and oxygen atoms in total. The molecule has 0 saturated heterocycles. The van der Waals surface area contributed by atoms with Crippen molar-refractivity contribution in [2.75, 3.05) is 6.26 Å². The zero-order valence-corrected chi connectivity index (χ0v) is 22.4. The van der Waals surface area contributed by atoms with Gasteiger partial charge in [-0.05, 0) is 74.4 Å². The minimum Gasteiger partial charge on any atom is -0.358 e. The van der Waals surface area contributed by atoms with E-state index in [4.69, 9.17) is 0 Å². The Morgan fingerprint density at radius 1 is 1.00 bits per heavy atom. The van der Waals surface area contributed by atoms with Crippen molar-refractivity contribution in [3.63, 3.8) is 0 Å². The predicted molar refractivity (Wildman–Crippen MR) is 142 cm³/mol. The van der Waals surface area contributed by atoms with Crippen LogP contribution in [0.4, 0.5) is 13.2 Å². The predicted octanol–water partition coefficient (Wildman–Crippen LogP) is 5.11. The van der Waals surface area contributed by atoms with Gasteiger partial charge in [-0.3, -0.25) is 14.2 Å². The lowest BCUT2D eigenvalue weighted by Crippen LogP contribution is -2.33. The van der Waals surface area contributed by atoms with Gasteiger partial charge in [0.15, 0.2) is 9.84 Å². The van der Waals surface area contributed by atoms with Crippen LogP contribution in [0.25, 0.3) is 16.9 Å². The van der Waals surface area contributed by atoms with E-state index in [9.17, 15) is 31.2 Å².